The molecule has 0 aliphatic rings. The van der Waals surface area contributed by atoms with Crippen LogP contribution in [0, 0.1) is 6.92 Å². The number of ether oxygens (including phenoxy) is 2. The van der Waals surface area contributed by atoms with Crippen molar-refractivity contribution in [3.63, 3.8) is 0 Å². The number of phenolic OH excluding ortho intramolecular Hbond substituents is 1. The van der Waals surface area contributed by atoms with Crippen LogP contribution in [-0.2, 0) is 23.9 Å². The highest BCUT2D eigenvalue weighted by Crippen LogP contribution is 2.27. The monoisotopic (exact) mass is 521 g/mol. The molecule has 10 heteroatoms. The van der Waals surface area contributed by atoms with E-state index in [0.717, 1.165) is 32.1 Å². The van der Waals surface area contributed by atoms with Gasteiger partial charge >= 0.3 is 12.1 Å². The second-order valence-electron chi connectivity index (χ2n) is 9.95. The fraction of sp³-hybridized carbons (Fsp3) is 0.630. The summed E-state index contributed by atoms with van der Waals surface area (Å²) in [5.74, 6) is -1.64. The minimum atomic E-state index is -1.09. The number of benzene rings is 1. The molecule has 0 saturated heterocycles. The summed E-state index contributed by atoms with van der Waals surface area (Å²) in [6.07, 6.45) is 5.12. The zero-order valence-electron chi connectivity index (χ0n) is 23.0. The van der Waals surface area contributed by atoms with E-state index in [4.69, 9.17) is 4.74 Å². The molecule has 0 saturated carbocycles. The van der Waals surface area contributed by atoms with E-state index in [1.54, 1.807) is 39.8 Å². The summed E-state index contributed by atoms with van der Waals surface area (Å²) in [6.45, 7) is 8.50. The first-order valence-corrected chi connectivity index (χ1v) is 12.8. The summed E-state index contributed by atoms with van der Waals surface area (Å²) >= 11 is 0. The lowest BCUT2D eigenvalue weighted by molar-refractivity contribution is -0.143. The predicted octanol–water partition coefficient (Wildman–Crippen LogP) is 3.74. The maximum absolute atomic E-state index is 13.4. The molecule has 1 aromatic rings. The Morgan fingerprint density at radius 2 is 1.65 bits per heavy atom. The summed E-state index contributed by atoms with van der Waals surface area (Å²) in [6, 6.07) is 3.55. The summed E-state index contributed by atoms with van der Waals surface area (Å²) in [4.78, 5) is 51.9. The van der Waals surface area contributed by atoms with Gasteiger partial charge in [-0.15, -0.1) is 0 Å². The van der Waals surface area contributed by atoms with Crippen LogP contribution in [0.3, 0.4) is 0 Å². The maximum Gasteiger partial charge on any atom is 0.408 e. The summed E-state index contributed by atoms with van der Waals surface area (Å²) in [5, 5.41) is 15.0. The standard InChI is InChI=1S/C27H43N3O7/c1-7-8-9-10-11-12-15-30(22(32)17-29-26(35)37-27(3,4)5)24(25(34)28-18-23(33)36-6)20-13-14-21(31)19(2)16-20/h13-14,16,24,31H,7-12,15,17-18H2,1-6H3,(H,28,34)(H,29,35). The summed E-state index contributed by atoms with van der Waals surface area (Å²) in [7, 11) is 1.21. The molecule has 0 heterocycles. The highest BCUT2D eigenvalue weighted by atomic mass is 16.6. The van der Waals surface area contributed by atoms with Crippen molar-refractivity contribution in [2.75, 3.05) is 26.7 Å². The molecule has 1 unspecified atom stereocenters. The van der Waals surface area contributed by atoms with Crippen molar-refractivity contribution in [2.45, 2.75) is 84.8 Å². The largest absolute Gasteiger partial charge is 0.508 e. The van der Waals surface area contributed by atoms with Crippen LogP contribution < -0.4 is 10.6 Å². The Labute approximate surface area is 220 Å². The van der Waals surface area contributed by atoms with E-state index in [9.17, 15) is 24.3 Å². The third-order valence-electron chi connectivity index (χ3n) is 5.59. The number of esters is 1. The first kappa shape index (κ1) is 31.7. The Kier molecular flexibility index (Phi) is 13.5. The predicted molar refractivity (Wildman–Crippen MR) is 140 cm³/mol. The highest BCUT2D eigenvalue weighted by Gasteiger charge is 2.32. The number of carbonyl (C=O) groups excluding carboxylic acids is 4. The Bertz CT molecular complexity index is 912. The van der Waals surface area contributed by atoms with Gasteiger partial charge in [0.25, 0.3) is 0 Å². The number of amides is 3. The van der Waals surface area contributed by atoms with Gasteiger partial charge in [0.2, 0.25) is 11.8 Å². The van der Waals surface area contributed by atoms with Gasteiger partial charge in [-0.1, -0.05) is 45.1 Å². The normalized spacial score (nSPS) is 11.8. The van der Waals surface area contributed by atoms with Crippen LogP contribution in [0.15, 0.2) is 18.2 Å². The van der Waals surface area contributed by atoms with Crippen molar-refractivity contribution >= 4 is 23.9 Å². The van der Waals surface area contributed by atoms with Crippen LogP contribution in [0.4, 0.5) is 4.79 Å². The SMILES string of the molecule is CCCCCCCCN(C(=O)CNC(=O)OC(C)(C)C)C(C(=O)NCC(=O)OC)c1ccc(O)c(C)c1. The molecular weight excluding hydrogens is 478 g/mol. The summed E-state index contributed by atoms with van der Waals surface area (Å²) < 4.78 is 9.84. The zero-order chi connectivity index (χ0) is 28.0. The van der Waals surface area contributed by atoms with Crippen molar-refractivity contribution < 1.29 is 33.8 Å². The first-order valence-electron chi connectivity index (χ1n) is 12.8. The zero-order valence-corrected chi connectivity index (χ0v) is 23.0. The van der Waals surface area contributed by atoms with E-state index >= 15 is 0 Å². The lowest BCUT2D eigenvalue weighted by atomic mass is 10.0. The van der Waals surface area contributed by atoms with E-state index in [2.05, 4.69) is 22.3 Å². The Morgan fingerprint density at radius 1 is 1.00 bits per heavy atom. The molecule has 0 aliphatic carbocycles. The van der Waals surface area contributed by atoms with Crippen LogP contribution in [0.2, 0.25) is 0 Å². The molecule has 0 spiro atoms. The fourth-order valence-electron chi connectivity index (χ4n) is 3.67. The molecule has 0 bridgehead atoms. The Hall–Kier alpha value is -3.30. The molecule has 1 atom stereocenters. The molecule has 10 nitrogen and oxygen atoms in total. The van der Waals surface area contributed by atoms with Gasteiger partial charge in [-0.2, -0.15) is 0 Å². The van der Waals surface area contributed by atoms with Gasteiger partial charge in [-0.05, 0) is 57.4 Å². The second-order valence-corrected chi connectivity index (χ2v) is 9.95. The average molecular weight is 522 g/mol. The molecule has 3 N–H and O–H groups in total. The molecule has 37 heavy (non-hydrogen) atoms. The number of phenols is 1. The van der Waals surface area contributed by atoms with Crippen molar-refractivity contribution in [1.82, 2.24) is 15.5 Å². The number of nitrogens with zero attached hydrogens (tertiary/aromatic N) is 1. The summed E-state index contributed by atoms with van der Waals surface area (Å²) in [5.41, 5.74) is 0.266. The second kappa shape index (κ2) is 15.7. The van der Waals surface area contributed by atoms with Crippen LogP contribution in [0.1, 0.15) is 83.4 Å². The quantitative estimate of drug-likeness (QED) is 0.251. The minimum Gasteiger partial charge on any atom is -0.508 e. The Morgan fingerprint density at radius 3 is 2.24 bits per heavy atom. The van der Waals surface area contributed by atoms with E-state index in [-0.39, 0.29) is 25.4 Å². The third-order valence-corrected chi connectivity index (χ3v) is 5.59. The maximum atomic E-state index is 13.4. The van der Waals surface area contributed by atoms with Crippen molar-refractivity contribution in [3.8, 4) is 5.75 Å². The number of aromatic hydroxyl groups is 1. The highest BCUT2D eigenvalue weighted by molar-refractivity contribution is 5.92. The number of rotatable bonds is 14. The number of unbranched alkanes of at least 4 members (excludes halogenated alkanes) is 5. The van der Waals surface area contributed by atoms with E-state index < -0.39 is 35.5 Å². The number of alkyl carbamates (subject to hydrolysis) is 1. The van der Waals surface area contributed by atoms with Gasteiger partial charge in [0.15, 0.2) is 0 Å². The lowest BCUT2D eigenvalue weighted by Crippen LogP contribution is -2.48. The average Bonchev–Trinajstić information content (AvgIpc) is 2.83. The molecule has 0 radical (unpaired) electrons. The lowest BCUT2D eigenvalue weighted by Gasteiger charge is -2.32. The molecular formula is C27H43N3O7. The number of aryl methyl sites for hydroxylation is 1. The van der Waals surface area contributed by atoms with Gasteiger partial charge < -0.3 is 30.1 Å². The van der Waals surface area contributed by atoms with Crippen molar-refractivity contribution in [3.05, 3.63) is 29.3 Å². The third kappa shape index (κ3) is 12.0. The fourth-order valence-corrected chi connectivity index (χ4v) is 3.67. The molecule has 208 valence electrons. The molecule has 1 aromatic carbocycles. The van der Waals surface area contributed by atoms with Gasteiger partial charge in [-0.3, -0.25) is 14.4 Å². The van der Waals surface area contributed by atoms with Crippen LogP contribution >= 0.6 is 0 Å². The number of hydrogen-bond donors (Lipinski definition) is 3. The van der Waals surface area contributed by atoms with Crippen LogP contribution in [0.5, 0.6) is 5.75 Å². The van der Waals surface area contributed by atoms with E-state index in [0.29, 0.717) is 17.5 Å². The molecule has 0 aromatic heterocycles. The molecule has 3 amide bonds. The molecule has 0 fully saturated rings. The molecule has 1 rings (SSSR count). The molecule has 0 aliphatic heterocycles. The van der Waals surface area contributed by atoms with Gasteiger partial charge in [-0.25, -0.2) is 4.79 Å². The topological polar surface area (TPSA) is 134 Å². The van der Waals surface area contributed by atoms with Crippen molar-refractivity contribution in [2.24, 2.45) is 0 Å². The van der Waals surface area contributed by atoms with E-state index in [1.165, 1.54) is 18.1 Å². The minimum absolute atomic E-state index is 0.0536. The number of hydrogen-bond acceptors (Lipinski definition) is 7. The number of methoxy groups -OCH3 is 1. The van der Waals surface area contributed by atoms with Crippen LogP contribution in [0.25, 0.3) is 0 Å². The Balaban J connectivity index is 3.22. The smallest absolute Gasteiger partial charge is 0.408 e. The number of nitrogens with one attached hydrogen (secondary N) is 2. The van der Waals surface area contributed by atoms with Crippen molar-refractivity contribution in [1.29, 1.82) is 0 Å². The van der Waals surface area contributed by atoms with Crippen LogP contribution in [-0.4, -0.2) is 66.2 Å². The van der Waals surface area contributed by atoms with E-state index in [1.807, 2.05) is 0 Å². The van der Waals surface area contributed by atoms with Gasteiger partial charge in [0, 0.05) is 6.54 Å². The number of carbonyl (C=O) groups is 4. The first-order chi connectivity index (χ1) is 17.4. The van der Waals surface area contributed by atoms with Gasteiger partial charge in [0.05, 0.1) is 7.11 Å². The van der Waals surface area contributed by atoms with Gasteiger partial charge in [0.1, 0.15) is 30.5 Å².